The maximum Gasteiger partial charge on any atom is 0.228 e. The second-order valence-corrected chi connectivity index (χ2v) is 6.27. The zero-order chi connectivity index (χ0) is 17.2. The topological polar surface area (TPSA) is 82.7 Å². The zero-order valence-corrected chi connectivity index (χ0v) is 14.8. The fourth-order valence-electron chi connectivity index (χ4n) is 2.51. The Hall–Kier alpha value is -1.37. The molecule has 0 bridgehead atoms. The number of carbonyl (C=O) groups is 1. The van der Waals surface area contributed by atoms with Crippen LogP contribution in [-0.2, 0) is 4.79 Å². The third kappa shape index (κ3) is 7.63. The van der Waals surface area contributed by atoms with Crippen molar-refractivity contribution in [3.8, 4) is 0 Å². The van der Waals surface area contributed by atoms with Gasteiger partial charge in [0.15, 0.2) is 0 Å². The molecule has 1 amide bonds. The summed E-state index contributed by atoms with van der Waals surface area (Å²) in [6.07, 6.45) is 5.58. The number of nitrogens with zero attached hydrogens (tertiary/aromatic N) is 2. The summed E-state index contributed by atoms with van der Waals surface area (Å²) in [5, 5.41) is 6.27. The summed E-state index contributed by atoms with van der Waals surface area (Å²) in [7, 11) is 2.12. The lowest BCUT2D eigenvalue weighted by Crippen LogP contribution is -2.49. The van der Waals surface area contributed by atoms with E-state index in [9.17, 15) is 4.79 Å². The summed E-state index contributed by atoms with van der Waals surface area (Å²) >= 11 is 5.61. The molecular weight excluding hydrogens is 314 g/mol. The van der Waals surface area contributed by atoms with Crippen molar-refractivity contribution >= 4 is 23.3 Å². The zero-order valence-electron chi connectivity index (χ0n) is 14.0. The van der Waals surface area contributed by atoms with E-state index in [2.05, 4.69) is 41.1 Å². The molecule has 0 aromatic rings. The largest absolute Gasteiger partial charge is 0.389 e. The molecule has 0 radical (unpaired) electrons. The lowest BCUT2D eigenvalue weighted by atomic mass is 9.79. The van der Waals surface area contributed by atoms with Crippen LogP contribution in [0.15, 0.2) is 29.0 Å². The van der Waals surface area contributed by atoms with E-state index in [1.807, 2.05) is 0 Å². The average Bonchev–Trinajstić information content (AvgIpc) is 2.40. The van der Waals surface area contributed by atoms with E-state index in [0.29, 0.717) is 11.9 Å². The van der Waals surface area contributed by atoms with Gasteiger partial charge in [0.05, 0.1) is 0 Å². The molecule has 0 aromatic carbocycles. The van der Waals surface area contributed by atoms with Crippen molar-refractivity contribution in [2.75, 3.05) is 26.7 Å². The molecule has 1 fully saturated rings. The van der Waals surface area contributed by atoms with Gasteiger partial charge in [-0.3, -0.25) is 4.79 Å². The van der Waals surface area contributed by atoms with Gasteiger partial charge in [-0.2, -0.15) is 0 Å². The van der Waals surface area contributed by atoms with Crippen LogP contribution in [-0.4, -0.2) is 49.4 Å². The highest BCUT2D eigenvalue weighted by atomic mass is 35.5. The smallest absolute Gasteiger partial charge is 0.228 e. The maximum atomic E-state index is 12.1. The SMILES string of the molecule is C=C/N=C(\C=C(/N)Cl)NC(=O)C1CC(NCCN(C)CCC)C1. The molecule has 0 unspecified atom stereocenters. The summed E-state index contributed by atoms with van der Waals surface area (Å²) in [4.78, 5) is 18.4. The second kappa shape index (κ2) is 10.4. The fourth-order valence-corrected chi connectivity index (χ4v) is 2.62. The molecule has 1 aliphatic rings. The van der Waals surface area contributed by atoms with Crippen LogP contribution in [0.25, 0.3) is 0 Å². The first-order valence-electron chi connectivity index (χ1n) is 8.00. The van der Waals surface area contributed by atoms with Gasteiger partial charge in [0.2, 0.25) is 5.91 Å². The molecule has 130 valence electrons. The molecule has 4 N–H and O–H groups in total. The number of nitrogens with one attached hydrogen (secondary N) is 2. The number of nitrogens with two attached hydrogens (primary N) is 1. The predicted molar refractivity (Wildman–Crippen MR) is 96.2 cm³/mol. The van der Waals surface area contributed by atoms with Gasteiger partial charge in [0.1, 0.15) is 11.0 Å². The van der Waals surface area contributed by atoms with Crippen LogP contribution in [0.4, 0.5) is 0 Å². The van der Waals surface area contributed by atoms with Crippen LogP contribution in [0.1, 0.15) is 26.2 Å². The Labute approximate surface area is 143 Å². The van der Waals surface area contributed by atoms with E-state index in [1.54, 1.807) is 0 Å². The highest BCUT2D eigenvalue weighted by molar-refractivity contribution is 6.30. The number of hydrogen-bond acceptors (Lipinski definition) is 5. The van der Waals surface area contributed by atoms with Crippen molar-refractivity contribution < 1.29 is 4.79 Å². The second-order valence-electron chi connectivity index (χ2n) is 5.84. The molecule has 1 aliphatic carbocycles. The fraction of sp³-hybridized carbons (Fsp3) is 0.625. The van der Waals surface area contributed by atoms with Crippen molar-refractivity contribution in [3.63, 3.8) is 0 Å². The predicted octanol–water partition coefficient (Wildman–Crippen LogP) is 1.39. The summed E-state index contributed by atoms with van der Waals surface area (Å²) in [6.45, 7) is 8.76. The number of halogens is 1. The first kappa shape index (κ1) is 19.7. The summed E-state index contributed by atoms with van der Waals surface area (Å²) in [5.74, 6) is 0.261. The Balaban J connectivity index is 2.27. The average molecular weight is 342 g/mol. The molecule has 1 rings (SSSR count). The molecule has 0 spiro atoms. The highest BCUT2D eigenvalue weighted by Crippen LogP contribution is 2.27. The standard InChI is InChI=1S/C16H28ClN5O/c1-4-7-22(3)8-6-20-13-9-12(10-13)16(23)21-15(19-5-2)11-14(17)18/h5,11-13,20H,2,4,6-10,18H2,1,3H3,(H,19,21,23)/b14-11-. The van der Waals surface area contributed by atoms with Gasteiger partial charge in [-0.25, -0.2) is 4.99 Å². The maximum absolute atomic E-state index is 12.1. The lowest BCUT2D eigenvalue weighted by molar-refractivity contribution is -0.126. The number of carbonyl (C=O) groups excluding carboxylic acids is 1. The molecular formula is C16H28ClN5O. The Kier molecular flexibility index (Phi) is 8.91. The lowest BCUT2D eigenvalue weighted by Gasteiger charge is -2.35. The van der Waals surface area contributed by atoms with E-state index in [-0.39, 0.29) is 17.0 Å². The van der Waals surface area contributed by atoms with Gasteiger partial charge in [0, 0.05) is 37.3 Å². The minimum atomic E-state index is -0.0547. The van der Waals surface area contributed by atoms with Gasteiger partial charge < -0.3 is 21.3 Å². The summed E-state index contributed by atoms with van der Waals surface area (Å²) in [6, 6.07) is 0.411. The van der Waals surface area contributed by atoms with Crippen molar-refractivity contribution in [3.05, 3.63) is 24.0 Å². The van der Waals surface area contributed by atoms with Crippen LogP contribution in [0.5, 0.6) is 0 Å². The minimum Gasteiger partial charge on any atom is -0.389 e. The van der Waals surface area contributed by atoms with Crippen LogP contribution >= 0.6 is 11.6 Å². The van der Waals surface area contributed by atoms with Crippen LogP contribution in [0, 0.1) is 5.92 Å². The first-order valence-corrected chi connectivity index (χ1v) is 8.38. The van der Waals surface area contributed by atoms with Crippen molar-refractivity contribution in [2.45, 2.75) is 32.2 Å². The number of amidine groups is 1. The van der Waals surface area contributed by atoms with Gasteiger partial charge in [-0.05, 0) is 32.9 Å². The normalized spacial score (nSPS) is 21.9. The van der Waals surface area contributed by atoms with E-state index in [4.69, 9.17) is 17.3 Å². The molecule has 0 aliphatic heterocycles. The monoisotopic (exact) mass is 341 g/mol. The number of aliphatic imine (C=N–C) groups is 1. The van der Waals surface area contributed by atoms with Gasteiger partial charge in [-0.15, -0.1) is 0 Å². The van der Waals surface area contributed by atoms with Gasteiger partial charge >= 0.3 is 0 Å². The number of hydrogen-bond donors (Lipinski definition) is 3. The molecule has 6 nitrogen and oxygen atoms in total. The molecule has 23 heavy (non-hydrogen) atoms. The quantitative estimate of drug-likeness (QED) is 0.336. The van der Waals surface area contributed by atoms with Crippen LogP contribution in [0.2, 0.25) is 0 Å². The summed E-state index contributed by atoms with van der Waals surface area (Å²) in [5.41, 5.74) is 5.39. The number of rotatable bonds is 9. The highest BCUT2D eigenvalue weighted by Gasteiger charge is 2.34. The number of amides is 1. The molecule has 0 atom stereocenters. The Morgan fingerprint density at radius 3 is 2.74 bits per heavy atom. The molecule has 0 heterocycles. The Bertz CT molecular complexity index is 453. The van der Waals surface area contributed by atoms with E-state index >= 15 is 0 Å². The van der Waals surface area contributed by atoms with Crippen molar-refractivity contribution in [1.29, 1.82) is 0 Å². The third-order valence-electron chi connectivity index (χ3n) is 3.80. The van der Waals surface area contributed by atoms with Crippen molar-refractivity contribution in [2.24, 2.45) is 16.6 Å². The third-order valence-corrected chi connectivity index (χ3v) is 3.91. The van der Waals surface area contributed by atoms with E-state index in [0.717, 1.165) is 38.9 Å². The molecule has 0 aromatic heterocycles. The first-order chi connectivity index (χ1) is 11.0. The van der Waals surface area contributed by atoms with Crippen LogP contribution in [0.3, 0.4) is 0 Å². The Morgan fingerprint density at radius 2 is 2.17 bits per heavy atom. The summed E-state index contributed by atoms with van der Waals surface area (Å²) < 4.78 is 0. The van der Waals surface area contributed by atoms with Gasteiger partial charge in [0.25, 0.3) is 0 Å². The minimum absolute atomic E-state index is 0.000775. The molecule has 7 heteroatoms. The van der Waals surface area contributed by atoms with Crippen molar-refractivity contribution in [1.82, 2.24) is 15.5 Å². The van der Waals surface area contributed by atoms with Gasteiger partial charge in [-0.1, -0.05) is 25.1 Å². The molecule has 1 saturated carbocycles. The number of likely N-dealkylation sites (N-methyl/N-ethyl adjacent to an activating group) is 1. The Morgan fingerprint density at radius 1 is 1.48 bits per heavy atom. The van der Waals surface area contributed by atoms with Crippen LogP contribution < -0.4 is 16.4 Å². The molecule has 0 saturated heterocycles. The van der Waals surface area contributed by atoms with E-state index in [1.165, 1.54) is 12.3 Å². The van der Waals surface area contributed by atoms with E-state index < -0.39 is 0 Å².